The molecule has 90 valence electrons. The van der Waals surface area contributed by atoms with E-state index >= 15 is 0 Å². The summed E-state index contributed by atoms with van der Waals surface area (Å²) in [5.74, 6) is 0. The Morgan fingerprint density at radius 3 is 2.88 bits per heavy atom. The molecule has 1 heterocycles. The van der Waals surface area contributed by atoms with E-state index in [4.69, 9.17) is 5.73 Å². The lowest BCUT2D eigenvalue weighted by atomic mass is 10.1. The molecule has 1 aromatic carbocycles. The first-order valence-electron chi connectivity index (χ1n) is 5.72. The Morgan fingerprint density at radius 1 is 1.47 bits per heavy atom. The Labute approximate surface area is 106 Å². The van der Waals surface area contributed by atoms with Crippen LogP contribution in [-0.4, -0.2) is 4.98 Å². The molecule has 1 aromatic heterocycles. The average molecular weight is 247 g/mol. The lowest BCUT2D eigenvalue weighted by Gasteiger charge is -2.16. The molecule has 0 aliphatic carbocycles. The van der Waals surface area contributed by atoms with Crippen LogP contribution in [0.15, 0.2) is 29.8 Å². The fraction of sp³-hybridized carbons (Fsp3) is 0.308. The molecule has 1 atom stereocenters. The van der Waals surface area contributed by atoms with Crippen LogP contribution in [0.4, 0.5) is 11.4 Å². The second-order valence-corrected chi connectivity index (χ2v) is 4.97. The highest BCUT2D eigenvalue weighted by Gasteiger charge is 2.11. The molecule has 0 aliphatic heterocycles. The predicted molar refractivity (Wildman–Crippen MR) is 74.4 cm³/mol. The first-order chi connectivity index (χ1) is 8.20. The van der Waals surface area contributed by atoms with Crippen LogP contribution in [0.5, 0.6) is 0 Å². The number of nitrogens with two attached hydrogens (primary N) is 1. The standard InChI is InChI=1S/C13H17N3S/c1-3-12(13-15-6-7-17-13)16-10-5-4-9(2)11(14)8-10/h4-8,12,16H,3,14H2,1-2H3. The second kappa shape index (κ2) is 5.19. The molecule has 2 aromatic rings. The van der Waals surface area contributed by atoms with Crippen molar-refractivity contribution in [3.05, 3.63) is 40.3 Å². The number of aryl methyl sites for hydroxylation is 1. The highest BCUT2D eigenvalue weighted by molar-refractivity contribution is 7.09. The van der Waals surface area contributed by atoms with E-state index < -0.39 is 0 Å². The van der Waals surface area contributed by atoms with E-state index in [9.17, 15) is 0 Å². The first kappa shape index (κ1) is 11.9. The summed E-state index contributed by atoms with van der Waals surface area (Å²) in [6.45, 7) is 4.16. The SMILES string of the molecule is CCC(Nc1ccc(C)c(N)c1)c1nccs1. The van der Waals surface area contributed by atoms with Gasteiger partial charge in [-0.25, -0.2) is 4.98 Å². The number of thiazole rings is 1. The van der Waals surface area contributed by atoms with Crippen LogP contribution in [0.1, 0.15) is 30.0 Å². The molecule has 0 saturated carbocycles. The van der Waals surface area contributed by atoms with Crippen LogP contribution < -0.4 is 11.1 Å². The fourth-order valence-corrected chi connectivity index (χ4v) is 2.45. The number of hydrogen-bond donors (Lipinski definition) is 2. The highest BCUT2D eigenvalue weighted by atomic mass is 32.1. The zero-order valence-electron chi connectivity index (χ0n) is 10.1. The first-order valence-corrected chi connectivity index (χ1v) is 6.60. The van der Waals surface area contributed by atoms with Gasteiger partial charge in [0.05, 0.1) is 6.04 Å². The van der Waals surface area contributed by atoms with E-state index in [-0.39, 0.29) is 6.04 Å². The Hall–Kier alpha value is -1.55. The van der Waals surface area contributed by atoms with Crippen molar-refractivity contribution < 1.29 is 0 Å². The number of hydrogen-bond acceptors (Lipinski definition) is 4. The number of nitrogen functional groups attached to an aromatic ring is 1. The molecule has 0 fully saturated rings. The monoisotopic (exact) mass is 247 g/mol. The maximum absolute atomic E-state index is 5.90. The number of anilines is 2. The van der Waals surface area contributed by atoms with Gasteiger partial charge in [0.15, 0.2) is 0 Å². The van der Waals surface area contributed by atoms with Gasteiger partial charge in [0.2, 0.25) is 0 Å². The molecule has 2 rings (SSSR count). The number of aromatic nitrogens is 1. The second-order valence-electron chi connectivity index (χ2n) is 4.05. The van der Waals surface area contributed by atoms with Gasteiger partial charge in [0, 0.05) is 23.0 Å². The lowest BCUT2D eigenvalue weighted by molar-refractivity contribution is 0.742. The van der Waals surface area contributed by atoms with Crippen LogP contribution in [0.2, 0.25) is 0 Å². The minimum Gasteiger partial charge on any atom is -0.398 e. The van der Waals surface area contributed by atoms with Crippen LogP contribution in [-0.2, 0) is 0 Å². The summed E-state index contributed by atoms with van der Waals surface area (Å²) in [7, 11) is 0. The molecule has 17 heavy (non-hydrogen) atoms. The van der Waals surface area contributed by atoms with Crippen LogP contribution in [0, 0.1) is 6.92 Å². The molecule has 4 heteroatoms. The van der Waals surface area contributed by atoms with E-state index in [1.54, 1.807) is 11.3 Å². The van der Waals surface area contributed by atoms with Crippen molar-refractivity contribution in [3.63, 3.8) is 0 Å². The molecular formula is C13H17N3S. The van der Waals surface area contributed by atoms with E-state index in [0.717, 1.165) is 28.4 Å². The average Bonchev–Trinajstić information content (AvgIpc) is 2.84. The summed E-state index contributed by atoms with van der Waals surface area (Å²) < 4.78 is 0. The summed E-state index contributed by atoms with van der Waals surface area (Å²) in [5.41, 5.74) is 8.89. The number of nitrogens with zero attached hydrogens (tertiary/aromatic N) is 1. The minimum atomic E-state index is 0.261. The maximum Gasteiger partial charge on any atom is 0.115 e. The van der Waals surface area contributed by atoms with Gasteiger partial charge in [-0.15, -0.1) is 11.3 Å². The Kier molecular flexibility index (Phi) is 3.64. The van der Waals surface area contributed by atoms with Crippen molar-refractivity contribution in [1.82, 2.24) is 4.98 Å². The molecule has 1 unspecified atom stereocenters. The fourth-order valence-electron chi connectivity index (χ4n) is 1.68. The molecular weight excluding hydrogens is 230 g/mol. The third-order valence-electron chi connectivity index (χ3n) is 2.78. The van der Waals surface area contributed by atoms with Gasteiger partial charge in [-0.3, -0.25) is 0 Å². The van der Waals surface area contributed by atoms with Gasteiger partial charge >= 0.3 is 0 Å². The van der Waals surface area contributed by atoms with E-state index in [0.29, 0.717) is 0 Å². The van der Waals surface area contributed by atoms with Crippen molar-refractivity contribution in [2.75, 3.05) is 11.1 Å². The molecule has 0 radical (unpaired) electrons. The summed E-state index contributed by atoms with van der Waals surface area (Å²) >= 11 is 1.68. The van der Waals surface area contributed by atoms with Crippen molar-refractivity contribution in [2.45, 2.75) is 26.3 Å². The molecule has 0 bridgehead atoms. The minimum absolute atomic E-state index is 0.261. The maximum atomic E-state index is 5.90. The van der Waals surface area contributed by atoms with Crippen LogP contribution >= 0.6 is 11.3 Å². The summed E-state index contributed by atoms with van der Waals surface area (Å²) in [6.07, 6.45) is 2.84. The Balaban J connectivity index is 2.16. The van der Waals surface area contributed by atoms with E-state index in [2.05, 4.69) is 23.3 Å². The Bertz CT molecular complexity index is 479. The van der Waals surface area contributed by atoms with Gasteiger partial charge in [-0.2, -0.15) is 0 Å². The quantitative estimate of drug-likeness (QED) is 0.812. The summed E-state index contributed by atoms with van der Waals surface area (Å²) in [6, 6.07) is 6.33. The van der Waals surface area contributed by atoms with Gasteiger partial charge < -0.3 is 11.1 Å². The third kappa shape index (κ3) is 2.77. The smallest absolute Gasteiger partial charge is 0.115 e. The number of nitrogens with one attached hydrogen (secondary N) is 1. The van der Waals surface area contributed by atoms with Crippen LogP contribution in [0.25, 0.3) is 0 Å². The highest BCUT2D eigenvalue weighted by Crippen LogP contribution is 2.25. The van der Waals surface area contributed by atoms with E-state index in [1.807, 2.05) is 30.6 Å². The normalized spacial score (nSPS) is 12.4. The third-order valence-corrected chi connectivity index (χ3v) is 3.67. The number of benzene rings is 1. The summed E-state index contributed by atoms with van der Waals surface area (Å²) in [4.78, 5) is 4.35. The largest absolute Gasteiger partial charge is 0.398 e. The van der Waals surface area contributed by atoms with Crippen molar-refractivity contribution in [3.8, 4) is 0 Å². The van der Waals surface area contributed by atoms with Gasteiger partial charge in [-0.1, -0.05) is 13.0 Å². The molecule has 0 aliphatic rings. The van der Waals surface area contributed by atoms with Gasteiger partial charge in [-0.05, 0) is 31.0 Å². The predicted octanol–water partition coefficient (Wildman–Crippen LogP) is 3.60. The molecule has 3 nitrogen and oxygen atoms in total. The molecule has 0 spiro atoms. The molecule has 0 saturated heterocycles. The number of rotatable bonds is 4. The molecule has 3 N–H and O–H groups in total. The van der Waals surface area contributed by atoms with Gasteiger partial charge in [0.1, 0.15) is 5.01 Å². The van der Waals surface area contributed by atoms with Crippen molar-refractivity contribution in [2.24, 2.45) is 0 Å². The lowest BCUT2D eigenvalue weighted by Crippen LogP contribution is -2.09. The zero-order chi connectivity index (χ0) is 12.3. The van der Waals surface area contributed by atoms with Crippen molar-refractivity contribution >= 4 is 22.7 Å². The van der Waals surface area contributed by atoms with E-state index in [1.165, 1.54) is 0 Å². The van der Waals surface area contributed by atoms with Crippen LogP contribution in [0.3, 0.4) is 0 Å². The topological polar surface area (TPSA) is 50.9 Å². The van der Waals surface area contributed by atoms with Crippen molar-refractivity contribution in [1.29, 1.82) is 0 Å². The molecule has 0 amide bonds. The zero-order valence-corrected chi connectivity index (χ0v) is 10.9. The summed E-state index contributed by atoms with van der Waals surface area (Å²) in [5, 5.41) is 6.59. The Morgan fingerprint density at radius 2 is 2.29 bits per heavy atom. The van der Waals surface area contributed by atoms with Gasteiger partial charge in [0.25, 0.3) is 0 Å².